The molecule has 54 valence electrons. The zero-order valence-electron chi connectivity index (χ0n) is 5.55. The maximum Gasteiger partial charge on any atom is 0.00971 e. The molecule has 1 aliphatic rings. The summed E-state index contributed by atoms with van der Waals surface area (Å²) in [5.74, 6) is 0. The lowest BCUT2D eigenvalue weighted by Crippen LogP contribution is -2.13. The molecule has 9 heavy (non-hydrogen) atoms. The molecule has 0 spiro atoms. The smallest absolute Gasteiger partial charge is 0.00971 e. The summed E-state index contributed by atoms with van der Waals surface area (Å²) in [7, 11) is 1.59. The third-order valence-electron chi connectivity index (χ3n) is 1.68. The Morgan fingerprint density at radius 2 is 1.56 bits per heavy atom. The van der Waals surface area contributed by atoms with E-state index in [1.807, 2.05) is 0 Å². The molecule has 0 unspecified atom stereocenters. The molecule has 1 heterocycles. The zero-order chi connectivity index (χ0) is 6.53. The molecule has 0 aromatic heterocycles. The molecule has 0 amide bonds. The average molecular weight is 163 g/mol. The van der Waals surface area contributed by atoms with Crippen LogP contribution in [0.3, 0.4) is 0 Å². The van der Waals surface area contributed by atoms with Crippen LogP contribution >= 0.6 is 22.6 Å². The molecule has 3 heteroatoms. The quantitative estimate of drug-likeness (QED) is 0.359. The first-order valence-electron chi connectivity index (χ1n) is 3.50. The standard InChI is InChI=1S/C6H13NS2/c8-9-7-5-3-1-2-4-6-7/h8H,1-6H2. The van der Waals surface area contributed by atoms with Gasteiger partial charge < -0.3 is 0 Å². The summed E-state index contributed by atoms with van der Waals surface area (Å²) in [6.07, 6.45) is 5.52. The van der Waals surface area contributed by atoms with Gasteiger partial charge in [0.2, 0.25) is 0 Å². The van der Waals surface area contributed by atoms with E-state index in [9.17, 15) is 0 Å². The van der Waals surface area contributed by atoms with Crippen LogP contribution in [-0.4, -0.2) is 17.4 Å². The van der Waals surface area contributed by atoms with E-state index in [0.29, 0.717) is 0 Å². The molecule has 0 saturated carbocycles. The molecule has 0 aromatic rings. The van der Waals surface area contributed by atoms with Gasteiger partial charge in [-0.1, -0.05) is 24.5 Å². The highest BCUT2D eigenvalue weighted by Crippen LogP contribution is 2.19. The summed E-state index contributed by atoms with van der Waals surface area (Å²) in [5.41, 5.74) is 0. The summed E-state index contributed by atoms with van der Waals surface area (Å²) in [6.45, 7) is 2.46. The molecule has 0 bridgehead atoms. The van der Waals surface area contributed by atoms with Crippen LogP contribution in [0.15, 0.2) is 0 Å². The maximum absolute atomic E-state index is 4.15. The number of rotatable bonds is 1. The summed E-state index contributed by atoms with van der Waals surface area (Å²) < 4.78 is 2.33. The lowest BCUT2D eigenvalue weighted by Gasteiger charge is -2.13. The van der Waals surface area contributed by atoms with Gasteiger partial charge in [0.1, 0.15) is 0 Å². The highest BCUT2D eigenvalue weighted by molar-refractivity contribution is 8.67. The Bertz CT molecular complexity index is 69.5. The monoisotopic (exact) mass is 163 g/mol. The van der Waals surface area contributed by atoms with Crippen LogP contribution in [0.25, 0.3) is 0 Å². The Morgan fingerprint density at radius 1 is 1.00 bits per heavy atom. The normalized spacial score (nSPS) is 23.7. The van der Waals surface area contributed by atoms with Gasteiger partial charge in [-0.3, -0.25) is 0 Å². The van der Waals surface area contributed by atoms with Gasteiger partial charge in [-0.05, 0) is 23.8 Å². The molecular formula is C6H13NS2. The van der Waals surface area contributed by atoms with E-state index < -0.39 is 0 Å². The minimum Gasteiger partial charge on any atom is -0.241 e. The average Bonchev–Trinajstić information content (AvgIpc) is 2.13. The van der Waals surface area contributed by atoms with E-state index in [4.69, 9.17) is 0 Å². The van der Waals surface area contributed by atoms with Crippen LogP contribution in [0.5, 0.6) is 0 Å². The molecule has 0 atom stereocenters. The van der Waals surface area contributed by atoms with Crippen LogP contribution in [0, 0.1) is 0 Å². The maximum atomic E-state index is 4.15. The molecule has 1 aliphatic heterocycles. The fourth-order valence-corrected chi connectivity index (χ4v) is 2.03. The minimum absolute atomic E-state index is 1.23. The van der Waals surface area contributed by atoms with Crippen molar-refractivity contribution in [2.75, 3.05) is 13.1 Å². The van der Waals surface area contributed by atoms with Gasteiger partial charge in [0.05, 0.1) is 0 Å². The summed E-state index contributed by atoms with van der Waals surface area (Å²) in [5, 5.41) is 0. The van der Waals surface area contributed by atoms with Crippen molar-refractivity contribution >= 4 is 22.6 Å². The highest BCUT2D eigenvalue weighted by atomic mass is 33.1. The molecule has 0 aromatic carbocycles. The fraction of sp³-hybridized carbons (Fsp3) is 1.00. The minimum atomic E-state index is 1.23. The third-order valence-corrected chi connectivity index (χ3v) is 2.97. The molecule has 0 aliphatic carbocycles. The van der Waals surface area contributed by atoms with Crippen LogP contribution in [0.1, 0.15) is 25.7 Å². The molecule has 1 saturated heterocycles. The number of hydrogen-bond acceptors (Lipinski definition) is 3. The van der Waals surface area contributed by atoms with E-state index in [2.05, 4.69) is 16.0 Å². The molecule has 1 nitrogen and oxygen atoms in total. The van der Waals surface area contributed by atoms with E-state index in [1.54, 1.807) is 11.0 Å². The lowest BCUT2D eigenvalue weighted by atomic mass is 10.2. The second kappa shape index (κ2) is 4.47. The van der Waals surface area contributed by atoms with Gasteiger partial charge in [-0.2, -0.15) is 0 Å². The van der Waals surface area contributed by atoms with Gasteiger partial charge in [-0.15, -0.1) is 0 Å². The van der Waals surface area contributed by atoms with Crippen molar-refractivity contribution in [1.29, 1.82) is 0 Å². The summed E-state index contributed by atoms with van der Waals surface area (Å²) in [4.78, 5) is 0. The van der Waals surface area contributed by atoms with Crippen molar-refractivity contribution in [2.24, 2.45) is 0 Å². The predicted molar refractivity (Wildman–Crippen MR) is 46.6 cm³/mol. The van der Waals surface area contributed by atoms with Crippen molar-refractivity contribution in [2.45, 2.75) is 25.7 Å². The van der Waals surface area contributed by atoms with Crippen LogP contribution in [0.2, 0.25) is 0 Å². The first-order chi connectivity index (χ1) is 4.43. The van der Waals surface area contributed by atoms with Crippen molar-refractivity contribution in [3.05, 3.63) is 0 Å². The first-order valence-corrected chi connectivity index (χ1v) is 5.32. The Balaban J connectivity index is 2.18. The van der Waals surface area contributed by atoms with Crippen molar-refractivity contribution in [1.82, 2.24) is 4.31 Å². The summed E-state index contributed by atoms with van der Waals surface area (Å²) in [6, 6.07) is 0. The number of thiol groups is 1. The van der Waals surface area contributed by atoms with Gasteiger partial charge >= 0.3 is 0 Å². The molecule has 0 N–H and O–H groups in total. The van der Waals surface area contributed by atoms with E-state index in [1.165, 1.54) is 38.8 Å². The molecule has 1 rings (SSSR count). The summed E-state index contributed by atoms with van der Waals surface area (Å²) >= 11 is 4.15. The highest BCUT2D eigenvalue weighted by Gasteiger charge is 2.06. The Labute approximate surface area is 66.1 Å². The molecule has 1 fully saturated rings. The largest absolute Gasteiger partial charge is 0.241 e. The van der Waals surface area contributed by atoms with Gasteiger partial charge in [-0.25, -0.2) is 4.31 Å². The Morgan fingerprint density at radius 3 is 2.00 bits per heavy atom. The molecule has 0 radical (unpaired) electrons. The van der Waals surface area contributed by atoms with Crippen molar-refractivity contribution < 1.29 is 0 Å². The van der Waals surface area contributed by atoms with Crippen LogP contribution in [0.4, 0.5) is 0 Å². The van der Waals surface area contributed by atoms with Gasteiger partial charge in [0.15, 0.2) is 0 Å². The van der Waals surface area contributed by atoms with Crippen molar-refractivity contribution in [3.8, 4) is 0 Å². The lowest BCUT2D eigenvalue weighted by molar-refractivity contribution is 0.494. The van der Waals surface area contributed by atoms with E-state index >= 15 is 0 Å². The van der Waals surface area contributed by atoms with Crippen LogP contribution < -0.4 is 0 Å². The number of nitrogens with zero attached hydrogens (tertiary/aromatic N) is 1. The number of hydrogen-bond donors (Lipinski definition) is 1. The first kappa shape index (κ1) is 7.76. The Hall–Kier alpha value is 0.660. The second-order valence-corrected chi connectivity index (χ2v) is 3.59. The Kier molecular flexibility index (Phi) is 3.86. The molecular weight excluding hydrogens is 150 g/mol. The van der Waals surface area contributed by atoms with Crippen LogP contribution in [-0.2, 0) is 0 Å². The SMILES string of the molecule is SSN1CCCCCC1. The van der Waals surface area contributed by atoms with Gasteiger partial charge in [0.25, 0.3) is 0 Å². The second-order valence-electron chi connectivity index (χ2n) is 2.42. The van der Waals surface area contributed by atoms with Gasteiger partial charge in [0, 0.05) is 13.1 Å². The third kappa shape index (κ3) is 2.83. The van der Waals surface area contributed by atoms with E-state index in [0.717, 1.165) is 0 Å². The zero-order valence-corrected chi connectivity index (χ0v) is 7.26. The van der Waals surface area contributed by atoms with E-state index in [-0.39, 0.29) is 0 Å². The van der Waals surface area contributed by atoms with Crippen molar-refractivity contribution in [3.63, 3.8) is 0 Å². The predicted octanol–water partition coefficient (Wildman–Crippen LogP) is 2.36. The fourth-order valence-electron chi connectivity index (χ4n) is 1.12. The topological polar surface area (TPSA) is 3.24 Å².